The maximum atomic E-state index is 11.7. The van der Waals surface area contributed by atoms with Gasteiger partial charge in [-0.3, -0.25) is 10.1 Å². The highest BCUT2D eigenvalue weighted by molar-refractivity contribution is 14.0. The molecule has 8 nitrogen and oxygen atoms in total. The predicted octanol–water partition coefficient (Wildman–Crippen LogP) is 4.00. The number of nitro benzene ring substituents is 1. The number of aliphatic imine (C=N–C) groups is 1. The van der Waals surface area contributed by atoms with Crippen molar-refractivity contribution in [1.29, 1.82) is 0 Å². The number of halogens is 1. The molecule has 0 aliphatic heterocycles. The molecule has 2 aromatic rings. The van der Waals surface area contributed by atoms with Gasteiger partial charge < -0.3 is 10.6 Å². The van der Waals surface area contributed by atoms with Gasteiger partial charge in [0.1, 0.15) is 0 Å². The van der Waals surface area contributed by atoms with Crippen LogP contribution in [-0.4, -0.2) is 38.6 Å². The normalized spacial score (nSPS) is 11.5. The summed E-state index contributed by atoms with van der Waals surface area (Å²) in [4.78, 5) is 15.2. The smallest absolute Gasteiger partial charge is 0.269 e. The summed E-state index contributed by atoms with van der Waals surface area (Å²) in [5.74, 6) is 0.711. The Morgan fingerprint density at radius 3 is 2.28 bits per heavy atom. The molecule has 0 fully saturated rings. The quantitative estimate of drug-likeness (QED) is 0.111. The van der Waals surface area contributed by atoms with Crippen LogP contribution in [0.15, 0.2) is 52.4 Å². The van der Waals surface area contributed by atoms with E-state index in [9.17, 15) is 18.5 Å². The average Bonchev–Trinajstić information content (AvgIpc) is 2.71. The number of guanidine groups is 1. The van der Waals surface area contributed by atoms with Gasteiger partial charge in [0.2, 0.25) is 0 Å². The minimum Gasteiger partial charge on any atom is -0.357 e. The van der Waals surface area contributed by atoms with E-state index in [0.29, 0.717) is 17.4 Å². The van der Waals surface area contributed by atoms with E-state index in [2.05, 4.69) is 15.6 Å². The standard InChI is InChI=1S/C22H30N4O4S.HI/c1-4-23-22(25-16-19-10-13-21(17(2)15-19)31(3,29)30)24-14-6-5-7-18-8-11-20(12-9-18)26(27)28;/h8-13,15H,4-7,14,16H2,1-3H3,(H2,23,24,25);1H. The van der Waals surface area contributed by atoms with Crippen LogP contribution < -0.4 is 10.6 Å². The third kappa shape index (κ3) is 9.11. The van der Waals surface area contributed by atoms with Gasteiger partial charge in [0, 0.05) is 31.5 Å². The molecule has 0 aliphatic carbocycles. The highest BCUT2D eigenvalue weighted by Gasteiger charge is 2.10. The summed E-state index contributed by atoms with van der Waals surface area (Å²) in [7, 11) is -3.22. The first-order valence-corrected chi connectivity index (χ1v) is 12.1. The zero-order valence-electron chi connectivity index (χ0n) is 18.6. The maximum Gasteiger partial charge on any atom is 0.269 e. The largest absolute Gasteiger partial charge is 0.357 e. The number of hydrogen-bond donors (Lipinski definition) is 2. The van der Waals surface area contributed by atoms with Crippen molar-refractivity contribution in [2.45, 2.75) is 44.6 Å². The van der Waals surface area contributed by atoms with Crippen LogP contribution in [0.2, 0.25) is 0 Å². The second-order valence-electron chi connectivity index (χ2n) is 7.37. The molecule has 0 aromatic heterocycles. The summed E-state index contributed by atoms with van der Waals surface area (Å²) in [6.07, 6.45) is 3.96. The molecule has 0 atom stereocenters. The van der Waals surface area contributed by atoms with Crippen molar-refractivity contribution in [2.24, 2.45) is 4.99 Å². The summed E-state index contributed by atoms with van der Waals surface area (Å²) in [5.41, 5.74) is 2.86. The van der Waals surface area contributed by atoms with Gasteiger partial charge in [-0.25, -0.2) is 13.4 Å². The van der Waals surface area contributed by atoms with Gasteiger partial charge in [-0.2, -0.15) is 0 Å². The second kappa shape index (κ2) is 13.4. The third-order valence-corrected chi connectivity index (χ3v) is 5.99. The molecule has 0 aliphatic rings. The minimum absolute atomic E-state index is 0. The average molecular weight is 574 g/mol. The molecular weight excluding hydrogens is 543 g/mol. The van der Waals surface area contributed by atoms with E-state index in [1.54, 1.807) is 31.2 Å². The summed E-state index contributed by atoms with van der Waals surface area (Å²) in [6, 6.07) is 12.0. The lowest BCUT2D eigenvalue weighted by Gasteiger charge is -2.12. The van der Waals surface area contributed by atoms with Crippen LogP contribution in [0, 0.1) is 17.0 Å². The summed E-state index contributed by atoms with van der Waals surface area (Å²) in [6.45, 7) is 5.73. The lowest BCUT2D eigenvalue weighted by molar-refractivity contribution is -0.384. The Bertz CT molecular complexity index is 1020. The number of sulfone groups is 1. The van der Waals surface area contributed by atoms with Gasteiger partial charge >= 0.3 is 0 Å². The molecule has 0 saturated carbocycles. The molecule has 176 valence electrons. The highest BCUT2D eigenvalue weighted by Crippen LogP contribution is 2.17. The Balaban J connectivity index is 0.00000512. The Labute approximate surface area is 207 Å². The van der Waals surface area contributed by atoms with Crippen molar-refractivity contribution in [3.63, 3.8) is 0 Å². The van der Waals surface area contributed by atoms with Crippen molar-refractivity contribution in [3.05, 3.63) is 69.3 Å². The summed E-state index contributed by atoms with van der Waals surface area (Å²) >= 11 is 0. The van der Waals surface area contributed by atoms with Gasteiger partial charge in [-0.1, -0.05) is 24.3 Å². The lowest BCUT2D eigenvalue weighted by atomic mass is 10.1. The number of unbranched alkanes of at least 4 members (excludes halogenated alkanes) is 1. The van der Waals surface area contributed by atoms with Crippen LogP contribution in [0.5, 0.6) is 0 Å². The van der Waals surface area contributed by atoms with Crippen molar-refractivity contribution < 1.29 is 13.3 Å². The fraction of sp³-hybridized carbons (Fsp3) is 0.409. The first-order valence-electron chi connectivity index (χ1n) is 10.3. The molecule has 0 unspecified atom stereocenters. The first-order chi connectivity index (χ1) is 14.7. The number of nitrogens with zero attached hydrogens (tertiary/aromatic N) is 2. The third-order valence-electron chi connectivity index (χ3n) is 4.73. The van der Waals surface area contributed by atoms with E-state index in [0.717, 1.165) is 49.0 Å². The first kappa shape index (κ1) is 27.8. The maximum absolute atomic E-state index is 11.7. The fourth-order valence-electron chi connectivity index (χ4n) is 3.18. The molecule has 2 aromatic carbocycles. The van der Waals surface area contributed by atoms with Crippen molar-refractivity contribution in [1.82, 2.24) is 10.6 Å². The van der Waals surface area contributed by atoms with Crippen LogP contribution >= 0.6 is 24.0 Å². The Hall–Kier alpha value is -2.21. The van der Waals surface area contributed by atoms with E-state index in [1.165, 1.54) is 18.4 Å². The Morgan fingerprint density at radius 2 is 1.72 bits per heavy atom. The number of nitrogens with one attached hydrogen (secondary N) is 2. The highest BCUT2D eigenvalue weighted by atomic mass is 127. The van der Waals surface area contributed by atoms with Crippen LogP contribution in [0.1, 0.15) is 36.5 Å². The molecule has 32 heavy (non-hydrogen) atoms. The number of nitro groups is 1. The van der Waals surface area contributed by atoms with Gasteiger partial charge in [-0.05, 0) is 55.9 Å². The molecule has 2 N–H and O–H groups in total. The number of hydrogen-bond acceptors (Lipinski definition) is 5. The SMILES string of the molecule is CCNC(=NCc1ccc(S(C)(=O)=O)c(C)c1)NCCCCc1ccc([N+](=O)[O-])cc1.I. The van der Waals surface area contributed by atoms with Gasteiger partial charge in [0.15, 0.2) is 15.8 Å². The van der Waals surface area contributed by atoms with Crippen LogP contribution in [0.4, 0.5) is 5.69 Å². The number of non-ortho nitro benzene ring substituents is 1. The monoisotopic (exact) mass is 574 g/mol. The van der Waals surface area contributed by atoms with E-state index in [1.807, 2.05) is 13.0 Å². The second-order valence-corrected chi connectivity index (χ2v) is 9.36. The zero-order valence-corrected chi connectivity index (χ0v) is 21.8. The molecule has 0 spiro atoms. The van der Waals surface area contributed by atoms with E-state index < -0.39 is 14.8 Å². The Kier molecular flexibility index (Phi) is 11.6. The number of rotatable bonds is 10. The Morgan fingerprint density at radius 1 is 1.06 bits per heavy atom. The lowest BCUT2D eigenvalue weighted by Crippen LogP contribution is -2.37. The number of aryl methyl sites for hydroxylation is 2. The molecule has 0 radical (unpaired) electrons. The number of benzene rings is 2. The molecule has 0 saturated heterocycles. The minimum atomic E-state index is -3.22. The van der Waals surface area contributed by atoms with Gasteiger partial charge in [0.05, 0.1) is 16.4 Å². The van der Waals surface area contributed by atoms with Gasteiger partial charge in [0.25, 0.3) is 5.69 Å². The predicted molar refractivity (Wildman–Crippen MR) is 139 cm³/mol. The van der Waals surface area contributed by atoms with Gasteiger partial charge in [-0.15, -0.1) is 24.0 Å². The summed E-state index contributed by atoms with van der Waals surface area (Å²) in [5, 5.41) is 17.2. The van der Waals surface area contributed by atoms with E-state index in [-0.39, 0.29) is 29.7 Å². The molecule has 2 rings (SSSR count). The van der Waals surface area contributed by atoms with Crippen LogP contribution in [0.25, 0.3) is 0 Å². The molecule has 0 amide bonds. The van der Waals surface area contributed by atoms with E-state index >= 15 is 0 Å². The molecule has 0 bridgehead atoms. The zero-order chi connectivity index (χ0) is 22.9. The van der Waals surface area contributed by atoms with Crippen molar-refractivity contribution in [2.75, 3.05) is 19.3 Å². The van der Waals surface area contributed by atoms with Crippen molar-refractivity contribution in [3.8, 4) is 0 Å². The van der Waals surface area contributed by atoms with E-state index in [4.69, 9.17) is 0 Å². The topological polar surface area (TPSA) is 114 Å². The fourth-order valence-corrected chi connectivity index (χ4v) is 4.14. The van der Waals surface area contributed by atoms with Crippen LogP contribution in [-0.2, 0) is 22.8 Å². The molecule has 10 heteroatoms. The summed E-state index contributed by atoms with van der Waals surface area (Å²) < 4.78 is 23.5. The van der Waals surface area contributed by atoms with Crippen LogP contribution in [0.3, 0.4) is 0 Å². The molecule has 0 heterocycles. The van der Waals surface area contributed by atoms with Crippen molar-refractivity contribution >= 4 is 45.5 Å². The molecular formula is C22H31IN4O4S.